The van der Waals surface area contributed by atoms with Gasteiger partial charge < -0.3 is 9.84 Å². The largest absolute Gasteiger partial charge is 0.390 e. The molecule has 130 valence electrons. The van der Waals surface area contributed by atoms with Crippen LogP contribution in [0.2, 0.25) is 0 Å². The zero-order valence-corrected chi connectivity index (χ0v) is 15.1. The number of aryl methyl sites for hydroxylation is 1. The smallest absolute Gasteiger partial charge is 0.0822 e. The van der Waals surface area contributed by atoms with Gasteiger partial charge in [0.2, 0.25) is 0 Å². The molecule has 0 bridgehead atoms. The van der Waals surface area contributed by atoms with E-state index in [1.165, 1.54) is 20.5 Å². The summed E-state index contributed by atoms with van der Waals surface area (Å²) in [6, 6.07) is 8.96. The summed E-state index contributed by atoms with van der Waals surface area (Å²) in [5.41, 5.74) is 1.44. The van der Waals surface area contributed by atoms with Gasteiger partial charge in [0.1, 0.15) is 0 Å². The first-order valence-corrected chi connectivity index (χ1v) is 9.73. The van der Waals surface area contributed by atoms with E-state index in [0.717, 1.165) is 52.4 Å². The standard InChI is InChI=1S/C19H26N2O2S/c1-14-16(15-4-2-3-5-19(15)24-14)12-20-7-6-17(18(22)13-20)21-8-10-23-11-9-21/h2-5,17-18,22H,6-13H2,1H3/t17-,18-/m1/s1. The number of thiophene rings is 1. The van der Waals surface area contributed by atoms with Crippen LogP contribution in [0.1, 0.15) is 16.9 Å². The van der Waals surface area contributed by atoms with E-state index < -0.39 is 0 Å². The summed E-state index contributed by atoms with van der Waals surface area (Å²) < 4.78 is 6.81. The topological polar surface area (TPSA) is 35.9 Å². The van der Waals surface area contributed by atoms with Crippen molar-refractivity contribution < 1.29 is 9.84 Å². The predicted molar refractivity (Wildman–Crippen MR) is 98.6 cm³/mol. The van der Waals surface area contributed by atoms with E-state index in [1.807, 2.05) is 11.3 Å². The molecule has 0 saturated carbocycles. The second-order valence-corrected chi connectivity index (χ2v) is 8.20. The Bertz CT molecular complexity index is 696. The molecule has 1 N–H and O–H groups in total. The van der Waals surface area contributed by atoms with Crippen LogP contribution in [0.15, 0.2) is 24.3 Å². The minimum absolute atomic E-state index is 0.262. The van der Waals surface area contributed by atoms with E-state index in [4.69, 9.17) is 4.74 Å². The van der Waals surface area contributed by atoms with Gasteiger partial charge in [0, 0.05) is 48.3 Å². The lowest BCUT2D eigenvalue weighted by atomic mass is 9.98. The molecule has 5 heteroatoms. The fourth-order valence-corrected chi connectivity index (χ4v) is 5.18. The van der Waals surface area contributed by atoms with Gasteiger partial charge in [0.15, 0.2) is 0 Å². The Hall–Kier alpha value is -0.980. The Morgan fingerprint density at radius 3 is 2.79 bits per heavy atom. The zero-order valence-electron chi connectivity index (χ0n) is 14.3. The maximum Gasteiger partial charge on any atom is 0.0822 e. The number of fused-ring (bicyclic) bond motifs is 1. The Labute approximate surface area is 147 Å². The lowest BCUT2D eigenvalue weighted by Gasteiger charge is -2.43. The van der Waals surface area contributed by atoms with Crippen molar-refractivity contribution in [1.29, 1.82) is 0 Å². The highest BCUT2D eigenvalue weighted by molar-refractivity contribution is 7.19. The molecule has 24 heavy (non-hydrogen) atoms. The minimum atomic E-state index is -0.262. The number of hydrogen-bond donors (Lipinski definition) is 1. The van der Waals surface area contributed by atoms with Crippen LogP contribution in [0.3, 0.4) is 0 Å². The molecule has 2 fully saturated rings. The molecule has 2 atom stereocenters. The van der Waals surface area contributed by atoms with Gasteiger partial charge in [0.25, 0.3) is 0 Å². The fraction of sp³-hybridized carbons (Fsp3) is 0.579. The Kier molecular flexibility index (Phi) is 4.88. The highest BCUT2D eigenvalue weighted by Crippen LogP contribution is 2.32. The highest BCUT2D eigenvalue weighted by Gasteiger charge is 2.33. The molecule has 1 aromatic carbocycles. The highest BCUT2D eigenvalue weighted by atomic mass is 32.1. The third-order valence-electron chi connectivity index (χ3n) is 5.43. The monoisotopic (exact) mass is 346 g/mol. The molecule has 0 aliphatic carbocycles. The summed E-state index contributed by atoms with van der Waals surface area (Å²) in [6.07, 6.45) is 0.782. The van der Waals surface area contributed by atoms with Crippen LogP contribution in [0.25, 0.3) is 10.1 Å². The molecule has 0 amide bonds. The van der Waals surface area contributed by atoms with Gasteiger partial charge >= 0.3 is 0 Å². The summed E-state index contributed by atoms with van der Waals surface area (Å²) in [5.74, 6) is 0. The molecule has 0 unspecified atom stereocenters. The maximum atomic E-state index is 10.7. The number of likely N-dealkylation sites (tertiary alicyclic amines) is 1. The lowest BCUT2D eigenvalue weighted by molar-refractivity contribution is -0.0533. The van der Waals surface area contributed by atoms with E-state index in [9.17, 15) is 5.11 Å². The molecule has 2 aromatic rings. The average Bonchev–Trinajstić information content (AvgIpc) is 2.92. The summed E-state index contributed by atoms with van der Waals surface area (Å²) in [6.45, 7) is 8.50. The van der Waals surface area contributed by atoms with Crippen molar-refractivity contribution in [3.63, 3.8) is 0 Å². The lowest BCUT2D eigenvalue weighted by Crippen LogP contribution is -2.56. The van der Waals surface area contributed by atoms with Gasteiger partial charge in [-0.25, -0.2) is 0 Å². The number of ether oxygens (including phenoxy) is 1. The Morgan fingerprint density at radius 2 is 2.00 bits per heavy atom. The summed E-state index contributed by atoms with van der Waals surface area (Å²) >= 11 is 1.88. The molecule has 2 aliphatic rings. The normalized spacial score (nSPS) is 26.9. The number of β-amino-alcohol motifs (C(OH)–C–C–N with tert-alkyl or cyclic N) is 1. The number of rotatable bonds is 3. The van der Waals surface area contributed by atoms with Crippen LogP contribution in [0.5, 0.6) is 0 Å². The van der Waals surface area contributed by atoms with Crippen molar-refractivity contribution in [3.05, 3.63) is 34.7 Å². The van der Waals surface area contributed by atoms with Crippen molar-refractivity contribution in [2.75, 3.05) is 39.4 Å². The van der Waals surface area contributed by atoms with Gasteiger partial charge in [-0.2, -0.15) is 0 Å². The van der Waals surface area contributed by atoms with Crippen LogP contribution in [0.4, 0.5) is 0 Å². The van der Waals surface area contributed by atoms with Gasteiger partial charge in [-0.05, 0) is 30.4 Å². The van der Waals surface area contributed by atoms with Crippen molar-refractivity contribution in [1.82, 2.24) is 9.80 Å². The number of morpholine rings is 1. The molecule has 2 aliphatic heterocycles. The van der Waals surface area contributed by atoms with Crippen LogP contribution in [-0.4, -0.2) is 66.4 Å². The first kappa shape index (κ1) is 16.5. The van der Waals surface area contributed by atoms with E-state index in [-0.39, 0.29) is 6.10 Å². The van der Waals surface area contributed by atoms with Crippen LogP contribution in [-0.2, 0) is 11.3 Å². The van der Waals surface area contributed by atoms with E-state index in [0.29, 0.717) is 6.04 Å². The second kappa shape index (κ2) is 7.10. The van der Waals surface area contributed by atoms with E-state index >= 15 is 0 Å². The third kappa shape index (κ3) is 3.24. The number of benzene rings is 1. The van der Waals surface area contributed by atoms with Gasteiger partial charge in [-0.15, -0.1) is 11.3 Å². The average molecular weight is 346 g/mol. The predicted octanol–water partition coefficient (Wildman–Crippen LogP) is 2.48. The SMILES string of the molecule is Cc1sc2ccccc2c1CN1CC[C@@H](N2CCOCC2)[C@H](O)C1. The molecular weight excluding hydrogens is 320 g/mol. The fourth-order valence-electron chi connectivity index (χ4n) is 4.10. The van der Waals surface area contributed by atoms with E-state index in [2.05, 4.69) is 41.0 Å². The number of piperidine rings is 1. The molecule has 4 nitrogen and oxygen atoms in total. The van der Waals surface area contributed by atoms with Gasteiger partial charge in [0.05, 0.1) is 19.3 Å². The second-order valence-electron chi connectivity index (χ2n) is 6.94. The third-order valence-corrected chi connectivity index (χ3v) is 6.56. The zero-order chi connectivity index (χ0) is 16.5. The Morgan fingerprint density at radius 1 is 1.21 bits per heavy atom. The van der Waals surface area contributed by atoms with Crippen molar-refractivity contribution in [2.24, 2.45) is 0 Å². The molecule has 0 spiro atoms. The maximum absolute atomic E-state index is 10.7. The van der Waals surface area contributed by atoms with Gasteiger partial charge in [-0.1, -0.05) is 18.2 Å². The number of aliphatic hydroxyl groups excluding tert-OH is 1. The molecule has 3 heterocycles. The molecule has 2 saturated heterocycles. The summed E-state index contributed by atoms with van der Waals surface area (Å²) in [4.78, 5) is 6.24. The van der Waals surface area contributed by atoms with Crippen LogP contribution < -0.4 is 0 Å². The van der Waals surface area contributed by atoms with E-state index in [1.54, 1.807) is 0 Å². The quantitative estimate of drug-likeness (QED) is 0.926. The van der Waals surface area contributed by atoms with Crippen LogP contribution >= 0.6 is 11.3 Å². The molecule has 1 aromatic heterocycles. The first-order valence-electron chi connectivity index (χ1n) is 8.91. The minimum Gasteiger partial charge on any atom is -0.390 e. The van der Waals surface area contributed by atoms with Crippen molar-refractivity contribution >= 4 is 21.4 Å². The first-order chi connectivity index (χ1) is 11.7. The van der Waals surface area contributed by atoms with Crippen molar-refractivity contribution in [2.45, 2.75) is 32.0 Å². The summed E-state index contributed by atoms with van der Waals surface area (Å²) in [7, 11) is 0. The summed E-state index contributed by atoms with van der Waals surface area (Å²) in [5, 5.41) is 12.1. The molecule has 4 rings (SSSR count). The van der Waals surface area contributed by atoms with Crippen molar-refractivity contribution in [3.8, 4) is 0 Å². The molecule has 0 radical (unpaired) electrons. The number of hydrogen-bond acceptors (Lipinski definition) is 5. The number of nitrogens with zero attached hydrogens (tertiary/aromatic N) is 2. The molecular formula is C19H26N2O2S. The number of aliphatic hydroxyl groups is 1. The van der Waals surface area contributed by atoms with Crippen LogP contribution in [0, 0.1) is 6.92 Å². The Balaban J connectivity index is 1.44. The van der Waals surface area contributed by atoms with Gasteiger partial charge in [-0.3, -0.25) is 9.80 Å².